The molecule has 3 rings (SSSR count). The topological polar surface area (TPSA) is 15.3 Å². The molecule has 1 saturated carbocycles. The van der Waals surface area contributed by atoms with Crippen molar-refractivity contribution >= 4 is 11.3 Å². The zero-order chi connectivity index (χ0) is 11.7. The number of hydrogen-bond donors (Lipinski definition) is 1. The lowest BCUT2D eigenvalue weighted by molar-refractivity contribution is 0.137. The summed E-state index contributed by atoms with van der Waals surface area (Å²) in [6.07, 6.45) is 4.18. The largest absolute Gasteiger partial charge is 0.315 e. The normalized spacial score (nSPS) is 26.6. The van der Waals surface area contributed by atoms with E-state index in [-0.39, 0.29) is 0 Å². The van der Waals surface area contributed by atoms with Crippen LogP contribution in [0.1, 0.15) is 37.1 Å². The SMILES string of the molecule is CCN(C1CCNC1)C(c1cccs1)C1CC1. The van der Waals surface area contributed by atoms with Gasteiger partial charge in [0.05, 0.1) is 0 Å². The van der Waals surface area contributed by atoms with Crippen molar-refractivity contribution < 1.29 is 0 Å². The van der Waals surface area contributed by atoms with E-state index >= 15 is 0 Å². The van der Waals surface area contributed by atoms with Gasteiger partial charge in [0.25, 0.3) is 0 Å². The van der Waals surface area contributed by atoms with Crippen molar-refractivity contribution in [2.45, 2.75) is 38.3 Å². The van der Waals surface area contributed by atoms with E-state index in [4.69, 9.17) is 0 Å². The predicted octanol–water partition coefficient (Wildman–Crippen LogP) is 2.88. The lowest BCUT2D eigenvalue weighted by Gasteiger charge is -2.35. The summed E-state index contributed by atoms with van der Waals surface area (Å²) in [4.78, 5) is 4.34. The van der Waals surface area contributed by atoms with Crippen LogP contribution in [0.5, 0.6) is 0 Å². The van der Waals surface area contributed by atoms with Crippen molar-refractivity contribution in [1.82, 2.24) is 10.2 Å². The highest BCUT2D eigenvalue weighted by molar-refractivity contribution is 7.10. The van der Waals surface area contributed by atoms with Crippen molar-refractivity contribution in [3.05, 3.63) is 22.4 Å². The number of thiophene rings is 1. The van der Waals surface area contributed by atoms with Crippen LogP contribution in [-0.4, -0.2) is 30.6 Å². The Balaban J connectivity index is 1.80. The van der Waals surface area contributed by atoms with Crippen LogP contribution in [0.4, 0.5) is 0 Å². The van der Waals surface area contributed by atoms with Crippen LogP contribution in [0.2, 0.25) is 0 Å². The molecule has 0 aromatic carbocycles. The Labute approximate surface area is 108 Å². The van der Waals surface area contributed by atoms with Crippen LogP contribution in [-0.2, 0) is 0 Å². The molecule has 17 heavy (non-hydrogen) atoms. The standard InChI is InChI=1S/C14H22N2S/c1-2-16(12-7-8-15-10-12)14(11-5-6-11)13-4-3-9-17-13/h3-4,9,11-12,14-15H,2,5-8,10H2,1H3. The molecule has 1 aromatic heterocycles. The fourth-order valence-electron chi connectivity index (χ4n) is 3.14. The first kappa shape index (κ1) is 11.7. The van der Waals surface area contributed by atoms with Crippen LogP contribution in [0.3, 0.4) is 0 Å². The van der Waals surface area contributed by atoms with Crippen molar-refractivity contribution in [2.75, 3.05) is 19.6 Å². The molecule has 1 saturated heterocycles. The molecule has 2 unspecified atom stereocenters. The van der Waals surface area contributed by atoms with E-state index < -0.39 is 0 Å². The first-order valence-corrected chi connectivity index (χ1v) is 7.78. The molecular weight excluding hydrogens is 228 g/mol. The van der Waals surface area contributed by atoms with Gasteiger partial charge in [-0.3, -0.25) is 4.90 Å². The molecule has 3 heteroatoms. The zero-order valence-electron chi connectivity index (χ0n) is 10.6. The van der Waals surface area contributed by atoms with Gasteiger partial charge >= 0.3 is 0 Å². The third kappa shape index (κ3) is 2.42. The van der Waals surface area contributed by atoms with Gasteiger partial charge in [-0.2, -0.15) is 0 Å². The summed E-state index contributed by atoms with van der Waals surface area (Å²) in [5, 5.41) is 5.74. The molecule has 0 spiro atoms. The summed E-state index contributed by atoms with van der Waals surface area (Å²) in [6, 6.07) is 5.99. The fraction of sp³-hybridized carbons (Fsp3) is 0.714. The summed E-state index contributed by atoms with van der Waals surface area (Å²) in [6.45, 7) is 5.89. The van der Waals surface area contributed by atoms with Gasteiger partial charge in [0.15, 0.2) is 0 Å². The minimum Gasteiger partial charge on any atom is -0.315 e. The van der Waals surface area contributed by atoms with Gasteiger partial charge in [-0.25, -0.2) is 0 Å². The smallest absolute Gasteiger partial charge is 0.0473 e. The van der Waals surface area contributed by atoms with Gasteiger partial charge in [-0.05, 0) is 49.7 Å². The predicted molar refractivity (Wildman–Crippen MR) is 73.4 cm³/mol. The van der Waals surface area contributed by atoms with Crippen LogP contribution in [0.25, 0.3) is 0 Å². The number of nitrogens with one attached hydrogen (secondary N) is 1. The molecule has 1 aliphatic heterocycles. The molecule has 2 aliphatic rings. The zero-order valence-corrected chi connectivity index (χ0v) is 11.4. The number of likely N-dealkylation sites (N-methyl/N-ethyl adjacent to an activating group) is 1. The average Bonchev–Trinajstić information content (AvgIpc) is 2.86. The van der Waals surface area contributed by atoms with Crippen molar-refractivity contribution in [2.24, 2.45) is 5.92 Å². The summed E-state index contributed by atoms with van der Waals surface area (Å²) in [7, 11) is 0. The maximum absolute atomic E-state index is 3.51. The lowest BCUT2D eigenvalue weighted by Crippen LogP contribution is -2.40. The van der Waals surface area contributed by atoms with E-state index in [0.29, 0.717) is 6.04 Å². The van der Waals surface area contributed by atoms with Gasteiger partial charge in [0, 0.05) is 23.5 Å². The molecule has 2 fully saturated rings. The Bertz CT molecular complexity index is 339. The summed E-state index contributed by atoms with van der Waals surface area (Å²) < 4.78 is 0. The second-order valence-corrected chi connectivity index (χ2v) is 6.25. The average molecular weight is 250 g/mol. The molecule has 94 valence electrons. The fourth-order valence-corrected chi connectivity index (χ4v) is 4.08. The van der Waals surface area contributed by atoms with E-state index in [2.05, 4.69) is 34.7 Å². The Kier molecular flexibility index (Phi) is 3.50. The van der Waals surface area contributed by atoms with Gasteiger partial charge < -0.3 is 5.32 Å². The molecule has 0 amide bonds. The number of hydrogen-bond acceptors (Lipinski definition) is 3. The molecule has 0 bridgehead atoms. The number of nitrogens with zero attached hydrogens (tertiary/aromatic N) is 1. The number of rotatable bonds is 5. The van der Waals surface area contributed by atoms with E-state index in [1.54, 1.807) is 4.88 Å². The van der Waals surface area contributed by atoms with Crippen LogP contribution in [0, 0.1) is 5.92 Å². The van der Waals surface area contributed by atoms with Gasteiger partial charge in [-0.1, -0.05) is 13.0 Å². The maximum Gasteiger partial charge on any atom is 0.0473 e. The molecule has 1 aromatic rings. The van der Waals surface area contributed by atoms with E-state index in [1.807, 2.05) is 11.3 Å². The van der Waals surface area contributed by atoms with Gasteiger partial charge in [0.1, 0.15) is 0 Å². The summed E-state index contributed by atoms with van der Waals surface area (Å²) >= 11 is 1.94. The third-order valence-electron chi connectivity index (χ3n) is 4.13. The Morgan fingerprint density at radius 3 is 2.88 bits per heavy atom. The summed E-state index contributed by atoms with van der Waals surface area (Å²) in [5.74, 6) is 0.925. The summed E-state index contributed by atoms with van der Waals surface area (Å²) in [5.41, 5.74) is 0. The quantitative estimate of drug-likeness (QED) is 0.864. The first-order valence-electron chi connectivity index (χ1n) is 6.90. The maximum atomic E-state index is 3.51. The Morgan fingerprint density at radius 2 is 2.35 bits per heavy atom. The Hall–Kier alpha value is -0.380. The first-order chi connectivity index (χ1) is 8.40. The second-order valence-electron chi connectivity index (χ2n) is 5.27. The highest BCUT2D eigenvalue weighted by Crippen LogP contribution is 2.46. The molecule has 2 nitrogen and oxygen atoms in total. The van der Waals surface area contributed by atoms with Crippen LogP contribution >= 0.6 is 11.3 Å². The van der Waals surface area contributed by atoms with E-state index in [0.717, 1.165) is 12.0 Å². The minimum atomic E-state index is 0.699. The molecule has 2 heterocycles. The van der Waals surface area contributed by atoms with E-state index in [9.17, 15) is 0 Å². The van der Waals surface area contributed by atoms with Crippen molar-refractivity contribution in [3.8, 4) is 0 Å². The minimum absolute atomic E-state index is 0.699. The van der Waals surface area contributed by atoms with Crippen molar-refractivity contribution in [3.63, 3.8) is 0 Å². The van der Waals surface area contributed by atoms with Crippen LogP contribution < -0.4 is 5.32 Å². The third-order valence-corrected chi connectivity index (χ3v) is 5.07. The molecular formula is C14H22N2S. The highest BCUT2D eigenvalue weighted by atomic mass is 32.1. The monoisotopic (exact) mass is 250 g/mol. The highest BCUT2D eigenvalue weighted by Gasteiger charge is 2.39. The van der Waals surface area contributed by atoms with Crippen molar-refractivity contribution in [1.29, 1.82) is 0 Å². The molecule has 1 aliphatic carbocycles. The van der Waals surface area contributed by atoms with E-state index in [1.165, 1.54) is 38.9 Å². The second kappa shape index (κ2) is 5.09. The molecule has 2 atom stereocenters. The molecule has 1 N–H and O–H groups in total. The van der Waals surface area contributed by atoms with Gasteiger partial charge in [-0.15, -0.1) is 11.3 Å². The van der Waals surface area contributed by atoms with Crippen LogP contribution in [0.15, 0.2) is 17.5 Å². The Morgan fingerprint density at radius 1 is 1.47 bits per heavy atom. The van der Waals surface area contributed by atoms with Gasteiger partial charge in [0.2, 0.25) is 0 Å². The molecule has 0 radical (unpaired) electrons. The lowest BCUT2D eigenvalue weighted by atomic mass is 10.1.